The summed E-state index contributed by atoms with van der Waals surface area (Å²) in [6, 6.07) is 12.3. The first-order chi connectivity index (χ1) is 9.61. The zero-order chi connectivity index (χ0) is 14.1. The molecule has 2 atom stereocenters. The molecule has 104 valence electrons. The molecule has 0 aliphatic carbocycles. The van der Waals surface area contributed by atoms with Gasteiger partial charge >= 0.3 is 0 Å². The highest BCUT2D eigenvalue weighted by Crippen LogP contribution is 2.36. The average Bonchev–Trinajstić information content (AvgIpc) is 2.37. The maximum absolute atomic E-state index is 13.3. The number of halogens is 2. The lowest BCUT2D eigenvalue weighted by atomic mass is 9.83. The van der Waals surface area contributed by atoms with Gasteiger partial charge in [0.05, 0.1) is 0 Å². The second-order valence-electron chi connectivity index (χ2n) is 5.55. The second-order valence-corrected chi connectivity index (χ2v) is 5.55. The Morgan fingerprint density at radius 2 is 1.80 bits per heavy atom. The Balaban J connectivity index is 1.91. The van der Waals surface area contributed by atoms with Gasteiger partial charge in [-0.05, 0) is 55.0 Å². The van der Waals surface area contributed by atoms with Crippen LogP contribution >= 0.6 is 0 Å². The normalized spacial score (nSPS) is 21.1. The SMILES string of the molecule is CC1CC(Cc2cc(F)cc(F)c2)c2ccccc2N1. The van der Waals surface area contributed by atoms with Gasteiger partial charge in [-0.3, -0.25) is 0 Å². The molecule has 0 saturated heterocycles. The van der Waals surface area contributed by atoms with Crippen LogP contribution in [-0.2, 0) is 6.42 Å². The van der Waals surface area contributed by atoms with E-state index in [9.17, 15) is 8.78 Å². The minimum Gasteiger partial charge on any atom is -0.382 e. The van der Waals surface area contributed by atoms with E-state index in [2.05, 4.69) is 24.4 Å². The highest BCUT2D eigenvalue weighted by Gasteiger charge is 2.24. The van der Waals surface area contributed by atoms with E-state index in [0.29, 0.717) is 18.4 Å². The summed E-state index contributed by atoms with van der Waals surface area (Å²) >= 11 is 0. The minimum atomic E-state index is -0.504. The first kappa shape index (κ1) is 13.1. The smallest absolute Gasteiger partial charge is 0.126 e. The van der Waals surface area contributed by atoms with Crippen molar-refractivity contribution < 1.29 is 8.78 Å². The third-order valence-corrected chi connectivity index (χ3v) is 3.85. The van der Waals surface area contributed by atoms with Crippen LogP contribution in [-0.4, -0.2) is 6.04 Å². The van der Waals surface area contributed by atoms with Gasteiger partial charge in [0.15, 0.2) is 0 Å². The summed E-state index contributed by atoms with van der Waals surface area (Å²) < 4.78 is 26.6. The molecule has 1 heterocycles. The lowest BCUT2D eigenvalue weighted by Crippen LogP contribution is -2.26. The fourth-order valence-corrected chi connectivity index (χ4v) is 3.07. The predicted molar refractivity (Wildman–Crippen MR) is 76.9 cm³/mol. The van der Waals surface area contributed by atoms with Gasteiger partial charge < -0.3 is 5.32 Å². The van der Waals surface area contributed by atoms with Crippen molar-refractivity contribution in [2.45, 2.75) is 31.7 Å². The maximum Gasteiger partial charge on any atom is 0.126 e. The molecule has 3 heteroatoms. The summed E-state index contributed by atoms with van der Waals surface area (Å²) in [5.74, 6) is -0.714. The lowest BCUT2D eigenvalue weighted by Gasteiger charge is -2.31. The Morgan fingerprint density at radius 1 is 1.10 bits per heavy atom. The van der Waals surface area contributed by atoms with Gasteiger partial charge in [0.1, 0.15) is 11.6 Å². The van der Waals surface area contributed by atoms with E-state index >= 15 is 0 Å². The Morgan fingerprint density at radius 3 is 2.55 bits per heavy atom. The zero-order valence-corrected chi connectivity index (χ0v) is 11.4. The second kappa shape index (κ2) is 5.23. The van der Waals surface area contributed by atoms with E-state index in [1.54, 1.807) is 0 Å². The molecule has 2 unspecified atom stereocenters. The molecule has 1 aliphatic rings. The molecule has 0 amide bonds. The third-order valence-electron chi connectivity index (χ3n) is 3.85. The first-order valence-corrected chi connectivity index (χ1v) is 6.92. The largest absolute Gasteiger partial charge is 0.382 e. The fraction of sp³-hybridized carbons (Fsp3) is 0.294. The Labute approximate surface area is 117 Å². The molecule has 1 aliphatic heterocycles. The molecule has 20 heavy (non-hydrogen) atoms. The van der Waals surface area contributed by atoms with Gasteiger partial charge in [-0.2, -0.15) is 0 Å². The molecular formula is C17H17F2N. The van der Waals surface area contributed by atoms with E-state index < -0.39 is 11.6 Å². The van der Waals surface area contributed by atoms with Crippen LogP contribution in [0.5, 0.6) is 0 Å². The summed E-state index contributed by atoms with van der Waals surface area (Å²) in [6.45, 7) is 2.13. The van der Waals surface area contributed by atoms with Gasteiger partial charge in [-0.1, -0.05) is 18.2 Å². The van der Waals surface area contributed by atoms with Crippen molar-refractivity contribution in [3.05, 3.63) is 65.2 Å². The van der Waals surface area contributed by atoms with Crippen LogP contribution in [0.1, 0.15) is 30.4 Å². The van der Waals surface area contributed by atoms with Crippen LogP contribution in [0.25, 0.3) is 0 Å². The number of hydrogen-bond acceptors (Lipinski definition) is 1. The molecule has 1 N–H and O–H groups in total. The van der Waals surface area contributed by atoms with Gasteiger partial charge in [0.2, 0.25) is 0 Å². The van der Waals surface area contributed by atoms with E-state index in [0.717, 1.165) is 23.7 Å². The van der Waals surface area contributed by atoms with Crippen molar-refractivity contribution in [2.24, 2.45) is 0 Å². The highest BCUT2D eigenvalue weighted by molar-refractivity contribution is 5.55. The van der Waals surface area contributed by atoms with E-state index in [1.807, 2.05) is 12.1 Å². The Hall–Kier alpha value is -1.90. The first-order valence-electron chi connectivity index (χ1n) is 6.92. The number of para-hydroxylation sites is 1. The summed E-state index contributed by atoms with van der Waals surface area (Å²) in [4.78, 5) is 0. The van der Waals surface area contributed by atoms with Crippen molar-refractivity contribution in [1.82, 2.24) is 0 Å². The fourth-order valence-electron chi connectivity index (χ4n) is 3.07. The Kier molecular flexibility index (Phi) is 3.43. The van der Waals surface area contributed by atoms with Crippen molar-refractivity contribution in [1.29, 1.82) is 0 Å². The number of benzene rings is 2. The molecule has 0 aromatic heterocycles. The zero-order valence-electron chi connectivity index (χ0n) is 11.4. The molecule has 0 radical (unpaired) electrons. The average molecular weight is 273 g/mol. The van der Waals surface area contributed by atoms with Gasteiger partial charge in [-0.15, -0.1) is 0 Å². The molecule has 0 bridgehead atoms. The number of rotatable bonds is 2. The van der Waals surface area contributed by atoms with Crippen molar-refractivity contribution in [2.75, 3.05) is 5.32 Å². The molecule has 2 aromatic rings. The minimum absolute atomic E-state index is 0.295. The number of anilines is 1. The summed E-state index contributed by atoms with van der Waals surface area (Å²) in [7, 11) is 0. The van der Waals surface area contributed by atoms with Gasteiger partial charge in [0.25, 0.3) is 0 Å². The van der Waals surface area contributed by atoms with Crippen LogP contribution in [0.4, 0.5) is 14.5 Å². The van der Waals surface area contributed by atoms with Crippen molar-refractivity contribution >= 4 is 5.69 Å². The summed E-state index contributed by atoms with van der Waals surface area (Å²) in [5.41, 5.74) is 3.08. The van der Waals surface area contributed by atoms with E-state index in [4.69, 9.17) is 0 Å². The lowest BCUT2D eigenvalue weighted by molar-refractivity contribution is 0.541. The predicted octanol–water partition coefficient (Wildman–Crippen LogP) is 4.50. The van der Waals surface area contributed by atoms with Crippen LogP contribution in [0.3, 0.4) is 0 Å². The molecular weight excluding hydrogens is 256 g/mol. The van der Waals surface area contributed by atoms with Crippen molar-refractivity contribution in [3.8, 4) is 0 Å². The number of hydrogen-bond donors (Lipinski definition) is 1. The third kappa shape index (κ3) is 2.67. The quantitative estimate of drug-likeness (QED) is 0.849. The number of fused-ring (bicyclic) bond motifs is 1. The molecule has 2 aromatic carbocycles. The van der Waals surface area contributed by atoms with Crippen LogP contribution < -0.4 is 5.32 Å². The maximum atomic E-state index is 13.3. The highest BCUT2D eigenvalue weighted by atomic mass is 19.1. The van der Waals surface area contributed by atoms with Gasteiger partial charge in [-0.25, -0.2) is 8.78 Å². The Bertz CT molecular complexity index is 604. The molecule has 1 nitrogen and oxygen atoms in total. The topological polar surface area (TPSA) is 12.0 Å². The summed E-state index contributed by atoms with van der Waals surface area (Å²) in [5, 5.41) is 3.45. The molecule has 0 fully saturated rings. The van der Waals surface area contributed by atoms with Crippen molar-refractivity contribution in [3.63, 3.8) is 0 Å². The van der Waals surface area contributed by atoms with Gasteiger partial charge in [0, 0.05) is 17.8 Å². The monoisotopic (exact) mass is 273 g/mol. The number of nitrogens with one attached hydrogen (secondary N) is 1. The molecule has 0 saturated carbocycles. The van der Waals surface area contributed by atoms with Crippen LogP contribution in [0.2, 0.25) is 0 Å². The molecule has 3 rings (SSSR count). The standard InChI is InChI=1S/C17H17F2N/c1-11-6-13(16-4-2-3-5-17(16)20-11)7-12-8-14(18)10-15(19)9-12/h2-5,8-11,13,20H,6-7H2,1H3. The van der Waals surface area contributed by atoms with Crippen LogP contribution in [0, 0.1) is 11.6 Å². The summed E-state index contributed by atoms with van der Waals surface area (Å²) in [6.07, 6.45) is 1.63. The van der Waals surface area contributed by atoms with Crippen LogP contribution in [0.15, 0.2) is 42.5 Å². The van der Waals surface area contributed by atoms with E-state index in [-0.39, 0.29) is 0 Å². The molecule has 0 spiro atoms. The van der Waals surface area contributed by atoms with E-state index in [1.165, 1.54) is 17.7 Å².